The zero-order chi connectivity index (χ0) is 7.11. The number of unbranched alkanes of at least 4 members (excludes halogenated alkanes) is 3. The fourth-order valence-electron chi connectivity index (χ4n) is 0.630. The van der Waals surface area contributed by atoms with E-state index < -0.39 is 5.97 Å². The van der Waals surface area contributed by atoms with Gasteiger partial charge < -0.3 is 5.11 Å². The minimum absolute atomic E-state index is 0.306. The summed E-state index contributed by atoms with van der Waals surface area (Å²) in [5.74, 6) is -0.695. The van der Waals surface area contributed by atoms with Crippen LogP contribution in [0, 0.1) is 6.92 Å². The van der Waals surface area contributed by atoms with Crippen molar-refractivity contribution < 1.29 is 9.90 Å². The molecule has 0 aromatic heterocycles. The second-order valence-electron chi connectivity index (χ2n) is 2.06. The summed E-state index contributed by atoms with van der Waals surface area (Å²) in [5, 5.41) is 8.20. The molecular formula is C7H13O2. The molecule has 0 fully saturated rings. The maximum Gasteiger partial charge on any atom is 0.303 e. The Morgan fingerprint density at radius 2 is 2.00 bits per heavy atom. The van der Waals surface area contributed by atoms with Crippen molar-refractivity contribution in [1.82, 2.24) is 0 Å². The van der Waals surface area contributed by atoms with Crippen molar-refractivity contribution in [2.45, 2.75) is 32.1 Å². The van der Waals surface area contributed by atoms with E-state index in [2.05, 4.69) is 6.92 Å². The molecule has 0 spiro atoms. The molecule has 1 N–H and O–H groups in total. The molecule has 0 heterocycles. The lowest BCUT2D eigenvalue weighted by Crippen LogP contribution is -1.93. The topological polar surface area (TPSA) is 37.3 Å². The van der Waals surface area contributed by atoms with Crippen LogP contribution in [0.4, 0.5) is 0 Å². The van der Waals surface area contributed by atoms with Crippen LogP contribution >= 0.6 is 0 Å². The molecule has 0 saturated carbocycles. The third kappa shape index (κ3) is 7.47. The first-order valence-electron chi connectivity index (χ1n) is 3.28. The molecule has 0 saturated heterocycles. The molecule has 0 aliphatic carbocycles. The third-order valence-electron chi connectivity index (χ3n) is 1.14. The van der Waals surface area contributed by atoms with Crippen molar-refractivity contribution in [2.24, 2.45) is 0 Å². The summed E-state index contributed by atoms with van der Waals surface area (Å²) >= 11 is 0. The van der Waals surface area contributed by atoms with Crippen LogP contribution in [0.15, 0.2) is 0 Å². The monoisotopic (exact) mass is 129 g/mol. The zero-order valence-electron chi connectivity index (χ0n) is 5.60. The standard InChI is InChI=1S/C7H13O2/c1-2-3-4-5-6-7(8)9/h1-6H2,(H,8,9). The number of rotatable bonds is 5. The highest BCUT2D eigenvalue weighted by Crippen LogP contribution is 2.01. The van der Waals surface area contributed by atoms with Crippen molar-refractivity contribution in [3.63, 3.8) is 0 Å². The van der Waals surface area contributed by atoms with Crippen LogP contribution in [0.5, 0.6) is 0 Å². The Labute approximate surface area is 55.9 Å². The lowest BCUT2D eigenvalue weighted by molar-refractivity contribution is -0.137. The van der Waals surface area contributed by atoms with Gasteiger partial charge in [0.1, 0.15) is 0 Å². The summed E-state index contributed by atoms with van der Waals surface area (Å²) < 4.78 is 0. The van der Waals surface area contributed by atoms with Gasteiger partial charge in [-0.2, -0.15) is 0 Å². The molecule has 0 aromatic rings. The van der Waals surface area contributed by atoms with Gasteiger partial charge in [0.2, 0.25) is 0 Å². The highest BCUT2D eigenvalue weighted by molar-refractivity contribution is 5.66. The molecule has 0 rings (SSSR count). The Kier molecular flexibility index (Phi) is 5.27. The first-order chi connectivity index (χ1) is 4.27. The molecule has 0 bridgehead atoms. The summed E-state index contributed by atoms with van der Waals surface area (Å²) in [6.07, 6.45) is 4.06. The summed E-state index contributed by atoms with van der Waals surface area (Å²) in [7, 11) is 0. The normalized spacial score (nSPS) is 9.44. The van der Waals surface area contributed by atoms with E-state index in [4.69, 9.17) is 5.11 Å². The second-order valence-corrected chi connectivity index (χ2v) is 2.06. The van der Waals surface area contributed by atoms with E-state index in [1.165, 1.54) is 0 Å². The number of hydrogen-bond donors (Lipinski definition) is 1. The van der Waals surface area contributed by atoms with Crippen LogP contribution in [0.3, 0.4) is 0 Å². The Morgan fingerprint density at radius 3 is 2.44 bits per heavy atom. The smallest absolute Gasteiger partial charge is 0.303 e. The van der Waals surface area contributed by atoms with Gasteiger partial charge in [0.05, 0.1) is 0 Å². The Morgan fingerprint density at radius 1 is 1.33 bits per heavy atom. The molecule has 2 heteroatoms. The molecule has 0 aromatic carbocycles. The molecule has 0 amide bonds. The van der Waals surface area contributed by atoms with Gasteiger partial charge >= 0.3 is 5.97 Å². The Hall–Kier alpha value is -0.530. The minimum Gasteiger partial charge on any atom is -0.481 e. The fourth-order valence-corrected chi connectivity index (χ4v) is 0.630. The van der Waals surface area contributed by atoms with Crippen molar-refractivity contribution in [3.8, 4) is 0 Å². The van der Waals surface area contributed by atoms with Crippen molar-refractivity contribution in [2.75, 3.05) is 0 Å². The molecule has 9 heavy (non-hydrogen) atoms. The average molecular weight is 129 g/mol. The van der Waals surface area contributed by atoms with E-state index in [-0.39, 0.29) is 0 Å². The van der Waals surface area contributed by atoms with Crippen molar-refractivity contribution in [3.05, 3.63) is 6.92 Å². The Bertz CT molecular complexity index is 79.0. The predicted octanol–water partition coefficient (Wildman–Crippen LogP) is 1.86. The van der Waals surface area contributed by atoms with Gasteiger partial charge in [0.25, 0.3) is 0 Å². The quantitative estimate of drug-likeness (QED) is 0.575. The number of carbonyl (C=O) groups is 1. The third-order valence-corrected chi connectivity index (χ3v) is 1.14. The molecule has 0 atom stereocenters. The molecule has 2 nitrogen and oxygen atoms in total. The van der Waals surface area contributed by atoms with Crippen molar-refractivity contribution >= 4 is 5.97 Å². The molecular weight excluding hydrogens is 116 g/mol. The lowest BCUT2D eigenvalue weighted by Gasteiger charge is -1.92. The number of hydrogen-bond acceptors (Lipinski definition) is 1. The summed E-state index contributed by atoms with van der Waals surface area (Å²) in [6.45, 7) is 3.65. The van der Waals surface area contributed by atoms with Gasteiger partial charge in [0.15, 0.2) is 0 Å². The largest absolute Gasteiger partial charge is 0.481 e. The molecule has 0 aliphatic rings. The van der Waals surface area contributed by atoms with E-state index >= 15 is 0 Å². The molecule has 0 aliphatic heterocycles. The number of aliphatic carboxylic acids is 1. The molecule has 1 radical (unpaired) electrons. The van der Waals surface area contributed by atoms with Crippen LogP contribution in [-0.2, 0) is 4.79 Å². The molecule has 53 valence electrons. The molecule has 0 unspecified atom stereocenters. The van der Waals surface area contributed by atoms with Gasteiger partial charge in [-0.25, -0.2) is 0 Å². The lowest BCUT2D eigenvalue weighted by atomic mass is 10.2. The summed E-state index contributed by atoms with van der Waals surface area (Å²) in [4.78, 5) is 9.95. The first-order valence-corrected chi connectivity index (χ1v) is 3.28. The summed E-state index contributed by atoms with van der Waals surface area (Å²) in [6, 6.07) is 0. The van der Waals surface area contributed by atoms with Gasteiger partial charge in [-0.1, -0.05) is 26.2 Å². The van der Waals surface area contributed by atoms with E-state index in [0.29, 0.717) is 6.42 Å². The van der Waals surface area contributed by atoms with E-state index in [1.807, 2.05) is 0 Å². The van der Waals surface area contributed by atoms with E-state index in [9.17, 15) is 4.79 Å². The van der Waals surface area contributed by atoms with Crippen LogP contribution in [0.2, 0.25) is 0 Å². The van der Waals surface area contributed by atoms with Crippen LogP contribution in [0.1, 0.15) is 32.1 Å². The van der Waals surface area contributed by atoms with Gasteiger partial charge in [-0.15, -0.1) is 0 Å². The highest BCUT2D eigenvalue weighted by Gasteiger charge is 1.93. The van der Waals surface area contributed by atoms with E-state index in [0.717, 1.165) is 25.7 Å². The first kappa shape index (κ1) is 8.47. The SMILES string of the molecule is [CH2]CCCCCC(=O)O. The maximum atomic E-state index is 9.95. The second kappa shape index (κ2) is 5.60. The van der Waals surface area contributed by atoms with Crippen LogP contribution in [-0.4, -0.2) is 11.1 Å². The van der Waals surface area contributed by atoms with Gasteiger partial charge in [-0.05, 0) is 6.42 Å². The number of carboxylic acids is 1. The summed E-state index contributed by atoms with van der Waals surface area (Å²) in [5.41, 5.74) is 0. The van der Waals surface area contributed by atoms with Gasteiger partial charge in [0, 0.05) is 6.42 Å². The fraction of sp³-hybridized carbons (Fsp3) is 0.714. The van der Waals surface area contributed by atoms with Crippen LogP contribution in [0.25, 0.3) is 0 Å². The average Bonchev–Trinajstić information content (AvgIpc) is 1.80. The van der Waals surface area contributed by atoms with E-state index in [1.54, 1.807) is 0 Å². The predicted molar refractivity (Wildman–Crippen MR) is 36.1 cm³/mol. The van der Waals surface area contributed by atoms with Crippen LogP contribution < -0.4 is 0 Å². The highest BCUT2D eigenvalue weighted by atomic mass is 16.4. The number of carboxylic acid groups (broad SMARTS) is 1. The zero-order valence-corrected chi connectivity index (χ0v) is 5.60. The Balaban J connectivity index is 2.83. The maximum absolute atomic E-state index is 9.95. The minimum atomic E-state index is -0.695. The van der Waals surface area contributed by atoms with Gasteiger partial charge in [-0.3, -0.25) is 4.79 Å². The van der Waals surface area contributed by atoms with Crippen molar-refractivity contribution in [1.29, 1.82) is 0 Å².